The molecule has 150 valence electrons. The zero-order valence-electron chi connectivity index (χ0n) is 16.7. The molecule has 1 aromatic carbocycles. The maximum absolute atomic E-state index is 14.5. The van der Waals surface area contributed by atoms with Gasteiger partial charge in [0.1, 0.15) is 11.6 Å². The Hall–Kier alpha value is -2.21. The first-order chi connectivity index (χ1) is 12.9. The van der Waals surface area contributed by atoms with Crippen LogP contribution >= 0.6 is 11.6 Å². The van der Waals surface area contributed by atoms with E-state index in [1.165, 1.54) is 6.07 Å². The molecule has 1 aliphatic rings. The van der Waals surface area contributed by atoms with Gasteiger partial charge in [-0.05, 0) is 18.6 Å². The fourth-order valence-electron chi connectivity index (χ4n) is 2.70. The normalized spacial score (nSPS) is 15.3. The lowest BCUT2D eigenvalue weighted by molar-refractivity contribution is 0.353. The highest BCUT2D eigenvalue weighted by molar-refractivity contribution is 6.31. The van der Waals surface area contributed by atoms with Gasteiger partial charge in [0.15, 0.2) is 5.96 Å². The third-order valence-corrected chi connectivity index (χ3v) is 4.33. The molecular weight excluding hydrogens is 365 g/mol. The Kier molecular flexibility index (Phi) is 9.72. The van der Waals surface area contributed by atoms with Crippen LogP contribution in [0.25, 0.3) is 0 Å². The summed E-state index contributed by atoms with van der Waals surface area (Å²) in [5.74, 6) is 0.507. The average molecular weight is 396 g/mol. The van der Waals surface area contributed by atoms with Gasteiger partial charge < -0.3 is 21.3 Å². The van der Waals surface area contributed by atoms with Gasteiger partial charge >= 0.3 is 0 Å². The molecule has 2 rings (SSSR count). The van der Waals surface area contributed by atoms with Crippen LogP contribution in [0.4, 0.5) is 10.1 Å². The lowest BCUT2D eigenvalue weighted by atomic mass is 10.1. The molecule has 4 N–H and O–H groups in total. The van der Waals surface area contributed by atoms with Crippen molar-refractivity contribution in [1.29, 1.82) is 0 Å². The summed E-state index contributed by atoms with van der Waals surface area (Å²) < 4.78 is 14.5. The quantitative estimate of drug-likeness (QED) is 0.554. The van der Waals surface area contributed by atoms with Gasteiger partial charge in [0, 0.05) is 38.3 Å². The van der Waals surface area contributed by atoms with Gasteiger partial charge in [-0.1, -0.05) is 50.9 Å². The van der Waals surface area contributed by atoms with E-state index in [2.05, 4.69) is 33.9 Å². The number of allylic oxidation sites excluding steroid dienone is 3. The van der Waals surface area contributed by atoms with Crippen molar-refractivity contribution >= 4 is 23.2 Å². The van der Waals surface area contributed by atoms with Crippen LogP contribution in [-0.2, 0) is 6.54 Å². The number of aliphatic imine (C=N–C) groups is 1. The van der Waals surface area contributed by atoms with E-state index in [0.29, 0.717) is 22.8 Å². The highest BCUT2D eigenvalue weighted by atomic mass is 35.5. The molecule has 27 heavy (non-hydrogen) atoms. The maximum atomic E-state index is 14.5. The molecule has 1 saturated heterocycles. The summed E-state index contributed by atoms with van der Waals surface area (Å²) in [6.07, 6.45) is 8.40. The second kappa shape index (κ2) is 11.5. The molecule has 0 atom stereocenters. The van der Waals surface area contributed by atoms with Gasteiger partial charge in [0.25, 0.3) is 0 Å². The first-order valence-electron chi connectivity index (χ1n) is 9.32. The standard InChI is InChI=1S/C18H25ClFN5.C2H6/c1-3-4-5-6-7-17-24(2)8-9-25(17)12-14-15(19)10-13(11-16(14)20)23-18(21)22;1-2/h5-7,10-11H,3-4,8-9,12H2,1-2H3,(H4,21,22,23);1-2H3/b6-5-,17-7+;. The van der Waals surface area contributed by atoms with Gasteiger partial charge in [0.05, 0.1) is 10.7 Å². The van der Waals surface area contributed by atoms with E-state index in [4.69, 9.17) is 23.1 Å². The van der Waals surface area contributed by atoms with Crippen LogP contribution in [0.15, 0.2) is 41.2 Å². The molecule has 1 aromatic rings. The molecule has 0 spiro atoms. The van der Waals surface area contributed by atoms with Crippen molar-refractivity contribution in [2.24, 2.45) is 16.5 Å². The minimum Gasteiger partial charge on any atom is -0.370 e. The number of nitrogens with zero attached hydrogens (tertiary/aromatic N) is 3. The summed E-state index contributed by atoms with van der Waals surface area (Å²) >= 11 is 6.26. The van der Waals surface area contributed by atoms with Crippen molar-refractivity contribution in [2.45, 2.75) is 40.2 Å². The second-order valence-electron chi connectivity index (χ2n) is 6.01. The average Bonchev–Trinajstić information content (AvgIpc) is 2.96. The molecule has 0 bridgehead atoms. The monoisotopic (exact) mass is 395 g/mol. The van der Waals surface area contributed by atoms with Gasteiger partial charge in [-0.2, -0.15) is 0 Å². The molecule has 0 unspecified atom stereocenters. The molecule has 1 fully saturated rings. The Balaban J connectivity index is 0.00000176. The zero-order chi connectivity index (χ0) is 20.4. The van der Waals surface area contributed by atoms with Crippen LogP contribution in [-0.4, -0.2) is 35.9 Å². The van der Waals surface area contributed by atoms with Gasteiger partial charge in [0.2, 0.25) is 0 Å². The van der Waals surface area contributed by atoms with Gasteiger partial charge in [-0.15, -0.1) is 0 Å². The van der Waals surface area contributed by atoms with E-state index in [-0.39, 0.29) is 5.96 Å². The predicted molar refractivity (Wildman–Crippen MR) is 113 cm³/mol. The van der Waals surface area contributed by atoms with Crippen LogP contribution < -0.4 is 11.5 Å². The molecule has 0 aromatic heterocycles. The Bertz CT molecular complexity index is 673. The molecule has 0 aliphatic carbocycles. The fraction of sp³-hybridized carbons (Fsp3) is 0.450. The van der Waals surface area contributed by atoms with Gasteiger partial charge in [-0.25, -0.2) is 9.38 Å². The number of hydrogen-bond acceptors (Lipinski definition) is 3. The van der Waals surface area contributed by atoms with E-state index >= 15 is 0 Å². The van der Waals surface area contributed by atoms with Crippen LogP contribution in [0.3, 0.4) is 0 Å². The third kappa shape index (κ3) is 6.79. The van der Waals surface area contributed by atoms with Crippen molar-refractivity contribution in [1.82, 2.24) is 9.80 Å². The lowest BCUT2D eigenvalue weighted by Gasteiger charge is -2.23. The molecule has 0 radical (unpaired) electrons. The first kappa shape index (κ1) is 22.8. The summed E-state index contributed by atoms with van der Waals surface area (Å²) in [5.41, 5.74) is 11.4. The first-order valence-corrected chi connectivity index (χ1v) is 9.70. The van der Waals surface area contributed by atoms with Crippen LogP contribution in [0.2, 0.25) is 5.02 Å². The van der Waals surface area contributed by atoms with Crippen molar-refractivity contribution in [3.8, 4) is 0 Å². The largest absolute Gasteiger partial charge is 0.370 e. The van der Waals surface area contributed by atoms with Crippen molar-refractivity contribution in [2.75, 3.05) is 20.1 Å². The van der Waals surface area contributed by atoms with Crippen LogP contribution in [0, 0.1) is 5.82 Å². The van der Waals surface area contributed by atoms with Crippen LogP contribution in [0.1, 0.15) is 39.2 Å². The number of guanidine groups is 1. The number of rotatable bonds is 6. The topological polar surface area (TPSA) is 70.9 Å². The number of nitrogens with two attached hydrogens (primary N) is 2. The number of unbranched alkanes of at least 4 members (excludes halogenated alkanes) is 1. The minimum absolute atomic E-state index is 0.131. The molecule has 1 aliphatic heterocycles. The van der Waals surface area contributed by atoms with Crippen LogP contribution in [0.5, 0.6) is 0 Å². The highest BCUT2D eigenvalue weighted by Crippen LogP contribution is 2.29. The number of likely N-dealkylation sites (N-methyl/N-ethyl adjacent to an activating group) is 1. The third-order valence-electron chi connectivity index (χ3n) is 3.99. The van der Waals surface area contributed by atoms with Gasteiger partial charge in [-0.3, -0.25) is 0 Å². The summed E-state index contributed by atoms with van der Waals surface area (Å²) in [6.45, 7) is 8.24. The second-order valence-corrected chi connectivity index (χ2v) is 6.42. The minimum atomic E-state index is -0.414. The van der Waals surface area contributed by atoms with Crippen molar-refractivity contribution in [3.63, 3.8) is 0 Å². The Morgan fingerprint density at radius 2 is 2.00 bits per heavy atom. The fourth-order valence-corrected chi connectivity index (χ4v) is 2.96. The summed E-state index contributed by atoms with van der Waals surface area (Å²) in [5, 5.41) is 0.315. The molecule has 0 amide bonds. The highest BCUT2D eigenvalue weighted by Gasteiger charge is 2.23. The number of benzene rings is 1. The number of halogens is 2. The summed E-state index contributed by atoms with van der Waals surface area (Å²) in [7, 11) is 2.03. The molecule has 1 heterocycles. The van der Waals surface area contributed by atoms with E-state index in [0.717, 1.165) is 31.8 Å². The van der Waals surface area contributed by atoms with Crippen molar-refractivity contribution in [3.05, 3.63) is 52.6 Å². The SMILES string of the molecule is CC.CCC/C=C\C=C1/N(C)CCN1Cc1c(F)cc(N=C(N)N)cc1Cl. The summed E-state index contributed by atoms with van der Waals surface area (Å²) in [6, 6.07) is 2.87. The maximum Gasteiger partial charge on any atom is 0.191 e. The Morgan fingerprint density at radius 3 is 2.59 bits per heavy atom. The molecular formula is C20H31ClFN5. The van der Waals surface area contributed by atoms with E-state index < -0.39 is 5.82 Å². The molecule has 0 saturated carbocycles. The van der Waals surface area contributed by atoms with Crippen molar-refractivity contribution < 1.29 is 4.39 Å². The smallest absolute Gasteiger partial charge is 0.191 e. The zero-order valence-corrected chi connectivity index (χ0v) is 17.4. The van der Waals surface area contributed by atoms with E-state index in [1.54, 1.807) is 6.07 Å². The Labute approximate surface area is 167 Å². The van der Waals surface area contributed by atoms with E-state index in [1.807, 2.05) is 27.0 Å². The lowest BCUT2D eigenvalue weighted by Crippen LogP contribution is -2.22. The number of hydrogen-bond donors (Lipinski definition) is 2. The predicted octanol–water partition coefficient (Wildman–Crippen LogP) is 4.36. The molecule has 7 heteroatoms. The summed E-state index contributed by atoms with van der Waals surface area (Å²) in [4.78, 5) is 8.11. The molecule has 5 nitrogen and oxygen atoms in total. The van der Waals surface area contributed by atoms with E-state index in [9.17, 15) is 4.39 Å². The Morgan fingerprint density at radius 1 is 1.30 bits per heavy atom.